The number of hydrogen-bond acceptors (Lipinski definition) is 10. The highest BCUT2D eigenvalue weighted by molar-refractivity contribution is 6.02. The van der Waals surface area contributed by atoms with Crippen LogP contribution in [0.4, 0.5) is 5.69 Å². The summed E-state index contributed by atoms with van der Waals surface area (Å²) < 4.78 is 11.2. The van der Waals surface area contributed by atoms with Gasteiger partial charge in [0.05, 0.1) is 31.3 Å². The van der Waals surface area contributed by atoms with Crippen molar-refractivity contribution in [2.24, 2.45) is 20.5 Å². The highest BCUT2D eigenvalue weighted by Crippen LogP contribution is 2.29. The second-order valence-corrected chi connectivity index (χ2v) is 7.86. The largest absolute Gasteiger partial charge is 0.493 e. The lowest BCUT2D eigenvalue weighted by Gasteiger charge is -2.23. The zero-order chi connectivity index (χ0) is 26.5. The second kappa shape index (κ2) is 14.0. The topological polar surface area (TPSA) is 145 Å². The first-order valence-electron chi connectivity index (χ1n) is 11.7. The summed E-state index contributed by atoms with van der Waals surface area (Å²) >= 11 is 0. The van der Waals surface area contributed by atoms with Crippen molar-refractivity contribution in [1.29, 1.82) is 10.5 Å². The SMILES string of the molecule is CCCOc1cc(C2=NN(C(=O)CON=Cc3ccc(N=NC(C#N)C#N)cc3)CCC2)ccc1OC. The highest BCUT2D eigenvalue weighted by Gasteiger charge is 2.20. The van der Waals surface area contributed by atoms with Crippen molar-refractivity contribution < 1.29 is 19.1 Å². The van der Waals surface area contributed by atoms with Crippen LogP contribution in [0.25, 0.3) is 0 Å². The molecule has 0 N–H and O–H groups in total. The molecular formula is C26H27N7O4. The van der Waals surface area contributed by atoms with E-state index in [0.717, 1.165) is 30.5 Å². The molecule has 0 spiro atoms. The molecule has 0 radical (unpaired) electrons. The van der Waals surface area contributed by atoms with Crippen LogP contribution in [0.5, 0.6) is 11.5 Å². The standard InChI is InChI=1S/C26H27N7O4/c1-3-13-36-25-14-20(8-11-24(25)35-2)23-5-4-12-33(32-23)26(34)18-37-29-17-19-6-9-21(10-7-19)30-31-22(15-27)16-28/h6-11,14,17,22H,3-5,12-13,18H2,1-2H3. The lowest BCUT2D eigenvalue weighted by atomic mass is 10.0. The molecule has 1 amide bonds. The molecule has 1 aliphatic rings. The van der Waals surface area contributed by atoms with Gasteiger partial charge in [-0.1, -0.05) is 24.2 Å². The molecule has 1 aliphatic heterocycles. The average molecular weight is 502 g/mol. The van der Waals surface area contributed by atoms with Crippen molar-refractivity contribution in [3.8, 4) is 23.6 Å². The third kappa shape index (κ3) is 7.87. The molecule has 37 heavy (non-hydrogen) atoms. The molecule has 3 rings (SSSR count). The molecule has 0 aromatic heterocycles. The average Bonchev–Trinajstić information content (AvgIpc) is 2.95. The Labute approximate surface area is 215 Å². The molecule has 0 saturated carbocycles. The van der Waals surface area contributed by atoms with Crippen LogP contribution in [-0.4, -0.2) is 55.8 Å². The van der Waals surface area contributed by atoms with E-state index >= 15 is 0 Å². The summed E-state index contributed by atoms with van der Waals surface area (Å²) in [5.41, 5.74) is 2.87. The van der Waals surface area contributed by atoms with Gasteiger partial charge in [-0.25, -0.2) is 5.01 Å². The smallest absolute Gasteiger partial charge is 0.283 e. The number of ether oxygens (including phenoxy) is 2. The van der Waals surface area contributed by atoms with Crippen LogP contribution >= 0.6 is 0 Å². The number of carbonyl (C=O) groups is 1. The molecule has 0 atom stereocenters. The summed E-state index contributed by atoms with van der Waals surface area (Å²) in [6.07, 6.45) is 3.86. The Hall–Kier alpha value is -4.77. The van der Waals surface area contributed by atoms with Gasteiger partial charge in [0.2, 0.25) is 6.04 Å². The van der Waals surface area contributed by atoms with E-state index in [1.165, 1.54) is 11.2 Å². The fraction of sp³-hybridized carbons (Fsp3) is 0.346. The minimum atomic E-state index is -1.14. The Morgan fingerprint density at radius 1 is 1.19 bits per heavy atom. The van der Waals surface area contributed by atoms with Gasteiger partial charge in [0.25, 0.3) is 5.91 Å². The number of hydrazone groups is 1. The third-order valence-corrected chi connectivity index (χ3v) is 5.16. The first kappa shape index (κ1) is 26.8. The number of benzene rings is 2. The van der Waals surface area contributed by atoms with Gasteiger partial charge in [-0.2, -0.15) is 25.9 Å². The number of nitrogens with zero attached hydrogens (tertiary/aromatic N) is 7. The first-order chi connectivity index (χ1) is 18.1. The summed E-state index contributed by atoms with van der Waals surface area (Å²) in [5.74, 6) is 0.999. The van der Waals surface area contributed by atoms with Gasteiger partial charge in [0, 0.05) is 12.1 Å². The van der Waals surface area contributed by atoms with Gasteiger partial charge in [0.15, 0.2) is 18.1 Å². The van der Waals surface area contributed by atoms with Gasteiger partial charge in [0.1, 0.15) is 12.1 Å². The minimum Gasteiger partial charge on any atom is -0.493 e. The van der Waals surface area contributed by atoms with Crippen molar-refractivity contribution in [3.05, 3.63) is 53.6 Å². The zero-order valence-electron chi connectivity index (χ0n) is 20.7. The van der Waals surface area contributed by atoms with Crippen molar-refractivity contribution in [1.82, 2.24) is 5.01 Å². The van der Waals surface area contributed by atoms with Crippen molar-refractivity contribution in [2.75, 3.05) is 26.9 Å². The van der Waals surface area contributed by atoms with Crippen LogP contribution in [0.3, 0.4) is 0 Å². The molecule has 2 aromatic rings. The Morgan fingerprint density at radius 3 is 2.68 bits per heavy atom. The van der Waals surface area contributed by atoms with E-state index in [2.05, 4.69) is 20.5 Å². The summed E-state index contributed by atoms with van der Waals surface area (Å²) in [5, 5.41) is 34.7. The Morgan fingerprint density at radius 2 is 1.97 bits per heavy atom. The predicted octanol–water partition coefficient (Wildman–Crippen LogP) is 4.36. The van der Waals surface area contributed by atoms with Crippen LogP contribution < -0.4 is 9.47 Å². The van der Waals surface area contributed by atoms with Gasteiger partial charge < -0.3 is 14.3 Å². The quantitative estimate of drug-likeness (QED) is 0.254. The number of rotatable bonds is 11. The van der Waals surface area contributed by atoms with E-state index < -0.39 is 6.04 Å². The lowest BCUT2D eigenvalue weighted by Crippen LogP contribution is -2.34. The number of hydrogen-bond donors (Lipinski definition) is 0. The molecule has 0 bridgehead atoms. The van der Waals surface area contributed by atoms with E-state index in [9.17, 15) is 4.79 Å². The summed E-state index contributed by atoms with van der Waals surface area (Å²) in [6, 6.07) is 14.7. The molecule has 11 heteroatoms. The number of amides is 1. The molecule has 2 aromatic carbocycles. The molecule has 0 unspecified atom stereocenters. The summed E-state index contributed by atoms with van der Waals surface area (Å²) in [7, 11) is 1.60. The van der Waals surface area contributed by atoms with Crippen LogP contribution in [0, 0.1) is 22.7 Å². The van der Waals surface area contributed by atoms with E-state index in [0.29, 0.717) is 35.9 Å². The van der Waals surface area contributed by atoms with Gasteiger partial charge in [-0.3, -0.25) is 4.79 Å². The number of nitriles is 2. The Balaban J connectivity index is 1.56. The predicted molar refractivity (Wildman–Crippen MR) is 136 cm³/mol. The van der Waals surface area contributed by atoms with E-state index in [4.69, 9.17) is 24.8 Å². The maximum atomic E-state index is 12.6. The van der Waals surface area contributed by atoms with E-state index in [1.54, 1.807) is 43.5 Å². The monoisotopic (exact) mass is 501 g/mol. The molecular weight excluding hydrogens is 474 g/mol. The summed E-state index contributed by atoms with van der Waals surface area (Å²) in [4.78, 5) is 17.8. The Kier molecular flexibility index (Phi) is 10.1. The maximum Gasteiger partial charge on any atom is 0.283 e. The molecule has 0 aliphatic carbocycles. The number of methoxy groups -OCH3 is 1. The number of carbonyl (C=O) groups excluding carboxylic acids is 1. The minimum absolute atomic E-state index is 0.253. The van der Waals surface area contributed by atoms with Crippen molar-refractivity contribution in [2.45, 2.75) is 32.2 Å². The Bertz CT molecular complexity index is 1230. The van der Waals surface area contributed by atoms with Crippen molar-refractivity contribution in [3.63, 3.8) is 0 Å². The number of azo groups is 1. The molecule has 1 heterocycles. The van der Waals surface area contributed by atoms with Crippen molar-refractivity contribution >= 4 is 23.5 Å². The summed E-state index contributed by atoms with van der Waals surface area (Å²) in [6.45, 7) is 2.86. The second-order valence-electron chi connectivity index (χ2n) is 7.86. The molecule has 190 valence electrons. The lowest BCUT2D eigenvalue weighted by molar-refractivity contribution is -0.136. The van der Waals surface area contributed by atoms with E-state index in [1.807, 2.05) is 25.1 Å². The van der Waals surface area contributed by atoms with Gasteiger partial charge >= 0.3 is 0 Å². The molecule has 0 saturated heterocycles. The highest BCUT2D eigenvalue weighted by atomic mass is 16.6. The maximum absolute atomic E-state index is 12.6. The van der Waals surface area contributed by atoms with Crippen LogP contribution in [-0.2, 0) is 9.63 Å². The molecule has 11 nitrogen and oxygen atoms in total. The van der Waals surface area contributed by atoms with Crippen LogP contribution in [0.15, 0.2) is 63.0 Å². The van der Waals surface area contributed by atoms with E-state index in [-0.39, 0.29) is 12.5 Å². The fourth-order valence-electron chi connectivity index (χ4n) is 3.30. The van der Waals surface area contributed by atoms with Gasteiger partial charge in [-0.05, 0) is 55.2 Å². The number of oxime groups is 1. The first-order valence-corrected chi connectivity index (χ1v) is 11.7. The molecule has 0 fully saturated rings. The van der Waals surface area contributed by atoms with Crippen LogP contribution in [0.2, 0.25) is 0 Å². The fourth-order valence-corrected chi connectivity index (χ4v) is 3.30. The van der Waals surface area contributed by atoms with Crippen LogP contribution in [0.1, 0.15) is 37.3 Å². The van der Waals surface area contributed by atoms with Gasteiger partial charge in [-0.15, -0.1) is 0 Å². The normalized spacial score (nSPS) is 13.3. The zero-order valence-corrected chi connectivity index (χ0v) is 20.7. The third-order valence-electron chi connectivity index (χ3n) is 5.16.